The lowest BCUT2D eigenvalue weighted by atomic mass is 10.1. The van der Waals surface area contributed by atoms with Crippen LogP contribution in [0.1, 0.15) is 51.4 Å². The van der Waals surface area contributed by atoms with Crippen LogP contribution in [0.3, 0.4) is 0 Å². The van der Waals surface area contributed by atoms with Gasteiger partial charge in [0.2, 0.25) is 11.8 Å². The van der Waals surface area contributed by atoms with Gasteiger partial charge in [-0.15, -0.1) is 0 Å². The summed E-state index contributed by atoms with van der Waals surface area (Å²) >= 11 is 0. The van der Waals surface area contributed by atoms with Crippen molar-refractivity contribution >= 4 is 11.8 Å². The van der Waals surface area contributed by atoms with E-state index < -0.39 is 12.1 Å². The lowest BCUT2D eigenvalue weighted by Gasteiger charge is -2.27. The molecular formula is C16H24N2O4. The van der Waals surface area contributed by atoms with Gasteiger partial charge in [0.15, 0.2) is 0 Å². The average molecular weight is 308 g/mol. The van der Waals surface area contributed by atoms with Gasteiger partial charge in [-0.3, -0.25) is 9.59 Å². The molecule has 22 heavy (non-hydrogen) atoms. The zero-order chi connectivity index (χ0) is 16.1. The summed E-state index contributed by atoms with van der Waals surface area (Å²) in [7, 11) is 0. The van der Waals surface area contributed by atoms with Crippen molar-refractivity contribution in [1.29, 1.82) is 0 Å². The minimum absolute atomic E-state index is 0.0465. The molecule has 0 spiro atoms. The topological polar surface area (TPSA) is 82.8 Å². The first kappa shape index (κ1) is 16.5. The van der Waals surface area contributed by atoms with E-state index in [-0.39, 0.29) is 17.9 Å². The zero-order valence-corrected chi connectivity index (χ0v) is 13.1. The predicted octanol–water partition coefficient (Wildman–Crippen LogP) is 1.61. The fourth-order valence-corrected chi connectivity index (χ4v) is 2.88. The molecule has 0 saturated carbocycles. The Bertz CT molecular complexity index is 500. The first-order chi connectivity index (χ1) is 10.5. The maximum Gasteiger partial charge on any atom is 0.243 e. The van der Waals surface area contributed by atoms with Crippen LogP contribution in [0.4, 0.5) is 0 Å². The summed E-state index contributed by atoms with van der Waals surface area (Å²) in [6.45, 7) is 4.38. The molecule has 1 aromatic heterocycles. The van der Waals surface area contributed by atoms with Gasteiger partial charge in [0.1, 0.15) is 17.9 Å². The minimum atomic E-state index is -0.751. The van der Waals surface area contributed by atoms with Crippen LogP contribution < -0.4 is 5.32 Å². The third kappa shape index (κ3) is 3.88. The third-order valence-corrected chi connectivity index (χ3v) is 4.01. The second-order valence-electron chi connectivity index (χ2n) is 5.79. The monoisotopic (exact) mass is 308 g/mol. The normalized spacial score (nSPS) is 19.0. The molecule has 6 heteroatoms. The summed E-state index contributed by atoms with van der Waals surface area (Å²) < 4.78 is 5.15. The first-order valence-corrected chi connectivity index (χ1v) is 7.84. The van der Waals surface area contributed by atoms with E-state index in [1.165, 1.54) is 6.26 Å². The Morgan fingerprint density at radius 3 is 2.86 bits per heavy atom. The van der Waals surface area contributed by atoms with E-state index in [1.54, 1.807) is 17.0 Å². The Labute approximate surface area is 130 Å². The Kier molecular flexibility index (Phi) is 5.60. The Morgan fingerprint density at radius 1 is 1.55 bits per heavy atom. The van der Waals surface area contributed by atoms with E-state index in [4.69, 9.17) is 4.42 Å². The lowest BCUT2D eigenvalue weighted by molar-refractivity contribution is -0.138. The second-order valence-corrected chi connectivity index (χ2v) is 5.79. The van der Waals surface area contributed by atoms with Crippen LogP contribution in [0, 0.1) is 0 Å². The quantitative estimate of drug-likeness (QED) is 0.801. The molecule has 3 atom stereocenters. The molecule has 0 bridgehead atoms. The molecule has 0 aromatic carbocycles. The highest BCUT2D eigenvalue weighted by molar-refractivity contribution is 5.88. The number of nitrogens with zero attached hydrogens (tertiary/aromatic N) is 1. The summed E-state index contributed by atoms with van der Waals surface area (Å²) in [6.07, 6.45) is 3.05. The van der Waals surface area contributed by atoms with Crippen LogP contribution in [0.15, 0.2) is 22.8 Å². The molecule has 0 aliphatic carbocycles. The molecule has 2 N–H and O–H groups in total. The number of aliphatic hydroxyl groups excluding tert-OH is 1. The van der Waals surface area contributed by atoms with Crippen LogP contribution in [0.25, 0.3) is 0 Å². The van der Waals surface area contributed by atoms with Gasteiger partial charge in [-0.25, -0.2) is 0 Å². The average Bonchev–Trinajstić information content (AvgIpc) is 3.11. The molecular weight excluding hydrogens is 284 g/mol. The minimum Gasteiger partial charge on any atom is -0.467 e. The summed E-state index contributed by atoms with van der Waals surface area (Å²) in [5.74, 6) is 0.380. The third-order valence-electron chi connectivity index (χ3n) is 4.01. The van der Waals surface area contributed by atoms with E-state index in [9.17, 15) is 14.7 Å². The fourth-order valence-electron chi connectivity index (χ4n) is 2.88. The van der Waals surface area contributed by atoms with Gasteiger partial charge in [0, 0.05) is 25.4 Å². The summed E-state index contributed by atoms with van der Waals surface area (Å²) in [5, 5.41) is 12.9. The Balaban J connectivity index is 1.88. The molecule has 0 radical (unpaired) electrons. The second kappa shape index (κ2) is 7.45. The van der Waals surface area contributed by atoms with E-state index in [0.717, 1.165) is 6.42 Å². The van der Waals surface area contributed by atoms with E-state index >= 15 is 0 Å². The number of carbonyl (C=O) groups excluding carboxylic acids is 2. The number of nitrogens with one attached hydrogen (secondary N) is 1. The maximum atomic E-state index is 12.4. The molecule has 2 heterocycles. The molecule has 1 aromatic rings. The number of hydrogen-bond donors (Lipinski definition) is 2. The molecule has 122 valence electrons. The molecule has 3 unspecified atom stereocenters. The number of hydrogen-bond acceptors (Lipinski definition) is 4. The molecule has 1 aliphatic rings. The standard InChI is InChI=1S/C16H24N2O4/c1-3-12(18-8-4-7-15(18)20)16(21)17-11(2)10-13(19)14-6-5-9-22-14/h5-6,9,11-13,19H,3-4,7-8,10H2,1-2H3,(H,17,21). The van der Waals surface area contributed by atoms with Crippen LogP contribution in [0.5, 0.6) is 0 Å². The van der Waals surface area contributed by atoms with Gasteiger partial charge >= 0.3 is 0 Å². The van der Waals surface area contributed by atoms with E-state index in [1.807, 2.05) is 13.8 Å². The largest absolute Gasteiger partial charge is 0.467 e. The van der Waals surface area contributed by atoms with Crippen molar-refractivity contribution in [2.75, 3.05) is 6.54 Å². The van der Waals surface area contributed by atoms with Crippen molar-refractivity contribution in [2.24, 2.45) is 0 Å². The van der Waals surface area contributed by atoms with Crippen molar-refractivity contribution in [3.63, 3.8) is 0 Å². The number of furan rings is 1. The molecule has 2 amide bonds. The lowest BCUT2D eigenvalue weighted by Crippen LogP contribution is -2.49. The highest BCUT2D eigenvalue weighted by Crippen LogP contribution is 2.19. The first-order valence-electron chi connectivity index (χ1n) is 7.84. The van der Waals surface area contributed by atoms with Gasteiger partial charge < -0.3 is 19.7 Å². The van der Waals surface area contributed by atoms with E-state index in [0.29, 0.717) is 31.6 Å². The van der Waals surface area contributed by atoms with Gasteiger partial charge in [-0.2, -0.15) is 0 Å². The Morgan fingerprint density at radius 2 is 2.32 bits per heavy atom. The summed E-state index contributed by atoms with van der Waals surface area (Å²) in [5.41, 5.74) is 0. The predicted molar refractivity (Wildman–Crippen MR) is 80.9 cm³/mol. The SMILES string of the molecule is CCC(C(=O)NC(C)CC(O)c1ccco1)N1CCCC1=O. The summed E-state index contributed by atoms with van der Waals surface area (Å²) in [6, 6.07) is 2.79. The van der Waals surface area contributed by atoms with Crippen molar-refractivity contribution < 1.29 is 19.1 Å². The van der Waals surface area contributed by atoms with Gasteiger partial charge in [0.05, 0.1) is 6.26 Å². The highest BCUT2D eigenvalue weighted by Gasteiger charge is 2.32. The van der Waals surface area contributed by atoms with Crippen LogP contribution >= 0.6 is 0 Å². The van der Waals surface area contributed by atoms with Crippen molar-refractivity contribution in [1.82, 2.24) is 10.2 Å². The van der Waals surface area contributed by atoms with Gasteiger partial charge in [0.25, 0.3) is 0 Å². The number of likely N-dealkylation sites (tertiary alicyclic amines) is 1. The van der Waals surface area contributed by atoms with Crippen molar-refractivity contribution in [2.45, 2.75) is 57.7 Å². The Hall–Kier alpha value is -1.82. The highest BCUT2D eigenvalue weighted by atomic mass is 16.4. The number of aliphatic hydroxyl groups is 1. The molecule has 1 aliphatic heterocycles. The molecule has 6 nitrogen and oxygen atoms in total. The smallest absolute Gasteiger partial charge is 0.243 e. The van der Waals surface area contributed by atoms with E-state index in [2.05, 4.69) is 5.32 Å². The molecule has 2 rings (SSSR count). The fraction of sp³-hybridized carbons (Fsp3) is 0.625. The van der Waals surface area contributed by atoms with Gasteiger partial charge in [-0.1, -0.05) is 6.92 Å². The number of amides is 2. The van der Waals surface area contributed by atoms with Crippen molar-refractivity contribution in [3.05, 3.63) is 24.2 Å². The summed E-state index contributed by atoms with van der Waals surface area (Å²) in [4.78, 5) is 25.8. The van der Waals surface area contributed by atoms with Crippen LogP contribution in [-0.2, 0) is 9.59 Å². The maximum absolute atomic E-state index is 12.4. The molecule has 1 saturated heterocycles. The van der Waals surface area contributed by atoms with Gasteiger partial charge in [-0.05, 0) is 31.9 Å². The van der Waals surface area contributed by atoms with Crippen LogP contribution in [-0.4, -0.2) is 40.4 Å². The van der Waals surface area contributed by atoms with Crippen LogP contribution in [0.2, 0.25) is 0 Å². The molecule has 1 fully saturated rings. The number of rotatable bonds is 7. The number of carbonyl (C=O) groups is 2. The zero-order valence-electron chi connectivity index (χ0n) is 13.1. The van der Waals surface area contributed by atoms with Crippen molar-refractivity contribution in [3.8, 4) is 0 Å².